The van der Waals surface area contributed by atoms with Gasteiger partial charge in [-0.3, -0.25) is 9.69 Å². The van der Waals surface area contributed by atoms with Gasteiger partial charge in [0.25, 0.3) is 0 Å². The Morgan fingerprint density at radius 3 is 2.59 bits per heavy atom. The van der Waals surface area contributed by atoms with Crippen molar-refractivity contribution in [3.63, 3.8) is 0 Å². The van der Waals surface area contributed by atoms with Gasteiger partial charge in [0, 0.05) is 26.2 Å². The van der Waals surface area contributed by atoms with E-state index in [0.717, 1.165) is 32.7 Å². The lowest BCUT2D eigenvalue weighted by molar-refractivity contribution is -0.136. The summed E-state index contributed by atoms with van der Waals surface area (Å²) in [6.45, 7) is 8.81. The van der Waals surface area contributed by atoms with Crippen LogP contribution < -0.4 is 5.32 Å². The Morgan fingerprint density at radius 2 is 2.00 bits per heavy atom. The molecular formula is C13H27N3O. The van der Waals surface area contributed by atoms with Gasteiger partial charge in [-0.25, -0.2) is 0 Å². The number of piperazine rings is 1. The van der Waals surface area contributed by atoms with Crippen LogP contribution in [0.3, 0.4) is 0 Å². The van der Waals surface area contributed by atoms with Crippen LogP contribution in [0.1, 0.15) is 33.1 Å². The number of nitrogens with zero attached hydrogens (tertiary/aromatic N) is 2. The summed E-state index contributed by atoms with van der Waals surface area (Å²) >= 11 is 0. The highest BCUT2D eigenvalue weighted by Crippen LogP contribution is 2.05. The summed E-state index contributed by atoms with van der Waals surface area (Å²) < 4.78 is 0. The lowest BCUT2D eigenvalue weighted by Gasteiger charge is -2.33. The Kier molecular flexibility index (Phi) is 6.52. The lowest BCUT2D eigenvalue weighted by Crippen LogP contribution is -2.52. The van der Waals surface area contributed by atoms with Gasteiger partial charge in [-0.2, -0.15) is 0 Å². The van der Waals surface area contributed by atoms with Gasteiger partial charge in [-0.05, 0) is 26.9 Å². The smallest absolute Gasteiger partial charge is 0.239 e. The summed E-state index contributed by atoms with van der Waals surface area (Å²) in [5, 5.41) is 3.27. The molecule has 0 saturated carbocycles. The van der Waals surface area contributed by atoms with Crippen molar-refractivity contribution in [2.45, 2.75) is 39.2 Å². The predicted molar refractivity (Wildman–Crippen MR) is 71.1 cm³/mol. The van der Waals surface area contributed by atoms with E-state index in [-0.39, 0.29) is 11.9 Å². The number of likely N-dealkylation sites (N-methyl/N-ethyl adjacent to an activating group) is 1. The highest BCUT2D eigenvalue weighted by molar-refractivity contribution is 5.81. The fourth-order valence-electron chi connectivity index (χ4n) is 2.14. The Bertz CT molecular complexity index is 227. The number of carbonyl (C=O) groups is 1. The zero-order valence-corrected chi connectivity index (χ0v) is 11.5. The van der Waals surface area contributed by atoms with Crippen LogP contribution in [-0.4, -0.2) is 61.5 Å². The molecule has 1 rings (SSSR count). The molecule has 0 spiro atoms. The van der Waals surface area contributed by atoms with Gasteiger partial charge in [0.05, 0.1) is 6.04 Å². The monoisotopic (exact) mass is 241 g/mol. The largest absolute Gasteiger partial charge is 0.339 e. The molecule has 0 bridgehead atoms. The van der Waals surface area contributed by atoms with Crippen LogP contribution in [0.2, 0.25) is 0 Å². The summed E-state index contributed by atoms with van der Waals surface area (Å²) in [7, 11) is 2.06. The molecule has 1 atom stereocenters. The summed E-state index contributed by atoms with van der Waals surface area (Å²) in [5.74, 6) is 0.283. The fourth-order valence-corrected chi connectivity index (χ4v) is 2.14. The van der Waals surface area contributed by atoms with Crippen molar-refractivity contribution in [2.24, 2.45) is 0 Å². The molecule has 0 aromatic rings. The number of unbranched alkanes of at least 4 members (excludes halogenated alkanes) is 2. The molecule has 1 amide bonds. The van der Waals surface area contributed by atoms with Gasteiger partial charge in [-0.15, -0.1) is 0 Å². The first-order chi connectivity index (χ1) is 8.16. The van der Waals surface area contributed by atoms with E-state index in [2.05, 4.69) is 24.2 Å². The molecule has 1 saturated heterocycles. The number of rotatable bonds is 6. The zero-order valence-electron chi connectivity index (χ0n) is 11.5. The third-order valence-corrected chi connectivity index (χ3v) is 3.56. The number of hydrogen-bond acceptors (Lipinski definition) is 3. The predicted octanol–water partition coefficient (Wildman–Crippen LogP) is 0.929. The van der Waals surface area contributed by atoms with E-state index in [1.54, 1.807) is 0 Å². The van der Waals surface area contributed by atoms with E-state index < -0.39 is 0 Å². The van der Waals surface area contributed by atoms with E-state index in [4.69, 9.17) is 0 Å². The molecule has 0 aliphatic carbocycles. The molecule has 1 aliphatic rings. The fraction of sp³-hybridized carbons (Fsp3) is 0.923. The molecule has 4 heteroatoms. The van der Waals surface area contributed by atoms with E-state index in [1.165, 1.54) is 19.3 Å². The van der Waals surface area contributed by atoms with Crippen LogP contribution in [0.15, 0.2) is 0 Å². The number of nitrogens with one attached hydrogen (secondary N) is 1. The second-order valence-electron chi connectivity index (χ2n) is 4.94. The Labute approximate surface area is 105 Å². The summed E-state index contributed by atoms with van der Waals surface area (Å²) in [5.41, 5.74) is 0. The molecule has 1 heterocycles. The second-order valence-corrected chi connectivity index (χ2v) is 4.94. The third-order valence-electron chi connectivity index (χ3n) is 3.56. The minimum absolute atomic E-state index is 0.0185. The van der Waals surface area contributed by atoms with Gasteiger partial charge >= 0.3 is 0 Å². The average Bonchev–Trinajstić information content (AvgIpc) is 2.38. The molecular weight excluding hydrogens is 214 g/mol. The molecule has 4 nitrogen and oxygen atoms in total. The average molecular weight is 241 g/mol. The minimum Gasteiger partial charge on any atom is -0.339 e. The van der Waals surface area contributed by atoms with Crippen LogP contribution in [0.5, 0.6) is 0 Å². The van der Waals surface area contributed by atoms with Crippen molar-refractivity contribution in [3.8, 4) is 0 Å². The van der Waals surface area contributed by atoms with Crippen LogP contribution in [-0.2, 0) is 4.79 Å². The first-order valence-corrected chi connectivity index (χ1v) is 6.86. The highest BCUT2D eigenvalue weighted by Gasteiger charge is 2.24. The van der Waals surface area contributed by atoms with E-state index >= 15 is 0 Å². The van der Waals surface area contributed by atoms with E-state index in [1.807, 2.05) is 11.8 Å². The van der Waals surface area contributed by atoms with Gasteiger partial charge in [0.2, 0.25) is 5.91 Å². The zero-order chi connectivity index (χ0) is 12.7. The van der Waals surface area contributed by atoms with Gasteiger partial charge in [0.1, 0.15) is 0 Å². The van der Waals surface area contributed by atoms with E-state index in [9.17, 15) is 4.79 Å². The van der Waals surface area contributed by atoms with Gasteiger partial charge < -0.3 is 10.2 Å². The minimum atomic E-state index is 0.0185. The number of amides is 1. The Morgan fingerprint density at radius 1 is 1.35 bits per heavy atom. The van der Waals surface area contributed by atoms with Crippen LogP contribution in [0.4, 0.5) is 0 Å². The highest BCUT2D eigenvalue weighted by atomic mass is 16.2. The Balaban J connectivity index is 2.33. The summed E-state index contributed by atoms with van der Waals surface area (Å²) in [6.07, 6.45) is 3.67. The van der Waals surface area contributed by atoms with Crippen LogP contribution >= 0.6 is 0 Å². The first-order valence-electron chi connectivity index (χ1n) is 6.86. The SMILES string of the molecule is CCCCCN(C)C(C)C(=O)N1CCNCC1. The maximum atomic E-state index is 12.2. The summed E-state index contributed by atoms with van der Waals surface area (Å²) in [6, 6.07) is 0.0185. The van der Waals surface area contributed by atoms with Gasteiger partial charge in [-0.1, -0.05) is 19.8 Å². The summed E-state index contributed by atoms with van der Waals surface area (Å²) in [4.78, 5) is 16.4. The molecule has 1 N–H and O–H groups in total. The normalized spacial score (nSPS) is 18.5. The quantitative estimate of drug-likeness (QED) is 0.703. The molecule has 0 aromatic carbocycles. The second kappa shape index (κ2) is 7.67. The Hall–Kier alpha value is -0.610. The maximum absolute atomic E-state index is 12.2. The van der Waals surface area contributed by atoms with E-state index in [0.29, 0.717) is 0 Å². The van der Waals surface area contributed by atoms with Crippen molar-refractivity contribution >= 4 is 5.91 Å². The van der Waals surface area contributed by atoms with Crippen LogP contribution in [0, 0.1) is 0 Å². The topological polar surface area (TPSA) is 35.6 Å². The van der Waals surface area contributed by atoms with Crippen molar-refractivity contribution < 1.29 is 4.79 Å². The first kappa shape index (κ1) is 14.5. The molecule has 100 valence electrons. The van der Waals surface area contributed by atoms with Gasteiger partial charge in [0.15, 0.2) is 0 Å². The maximum Gasteiger partial charge on any atom is 0.239 e. The van der Waals surface area contributed by atoms with Crippen molar-refractivity contribution in [2.75, 3.05) is 39.8 Å². The molecule has 1 aliphatic heterocycles. The van der Waals surface area contributed by atoms with Crippen LogP contribution in [0.25, 0.3) is 0 Å². The third kappa shape index (κ3) is 4.64. The number of carbonyl (C=O) groups excluding carboxylic acids is 1. The van der Waals surface area contributed by atoms with Crippen molar-refractivity contribution in [1.82, 2.24) is 15.1 Å². The molecule has 1 fully saturated rings. The molecule has 1 unspecified atom stereocenters. The molecule has 0 aromatic heterocycles. The lowest BCUT2D eigenvalue weighted by atomic mass is 10.2. The van der Waals surface area contributed by atoms with Crippen molar-refractivity contribution in [3.05, 3.63) is 0 Å². The van der Waals surface area contributed by atoms with Crippen molar-refractivity contribution in [1.29, 1.82) is 0 Å². The standard InChI is InChI=1S/C13H27N3O/c1-4-5-6-9-15(3)12(2)13(17)16-10-7-14-8-11-16/h12,14H,4-11H2,1-3H3. The molecule has 17 heavy (non-hydrogen) atoms. The molecule has 0 radical (unpaired) electrons. The number of hydrogen-bond donors (Lipinski definition) is 1.